The van der Waals surface area contributed by atoms with E-state index in [1.54, 1.807) is 31.3 Å². The van der Waals surface area contributed by atoms with Gasteiger partial charge in [0.2, 0.25) is 0 Å². The molecule has 0 radical (unpaired) electrons. The van der Waals surface area contributed by atoms with Crippen LogP contribution in [0.2, 0.25) is 0 Å². The van der Waals surface area contributed by atoms with Crippen molar-refractivity contribution >= 4 is 22.4 Å². The number of morpholine rings is 1. The van der Waals surface area contributed by atoms with Crippen LogP contribution in [0.4, 0.5) is 11.4 Å². The van der Waals surface area contributed by atoms with E-state index < -0.39 is 0 Å². The van der Waals surface area contributed by atoms with Gasteiger partial charge < -0.3 is 19.1 Å². The molecule has 0 aliphatic carbocycles. The first-order valence-corrected chi connectivity index (χ1v) is 11.7. The number of hydrogen-bond donors (Lipinski definition) is 0. The number of aryl methyl sites for hydroxylation is 1. The lowest BCUT2D eigenvalue weighted by molar-refractivity contribution is 0.0394. The van der Waals surface area contributed by atoms with Gasteiger partial charge in [-0.2, -0.15) is 5.10 Å². The fraction of sp³-hybridized carbons (Fsp3) is 0.346. The Morgan fingerprint density at radius 2 is 1.71 bits per heavy atom. The molecule has 0 atom stereocenters. The van der Waals surface area contributed by atoms with Crippen LogP contribution in [0.15, 0.2) is 55.0 Å². The zero-order chi connectivity index (χ0) is 24.2. The Morgan fingerprint density at radius 1 is 0.943 bits per heavy atom. The van der Waals surface area contributed by atoms with Gasteiger partial charge in [-0.15, -0.1) is 0 Å². The first-order valence-electron chi connectivity index (χ1n) is 11.7. The number of benzene rings is 2. The Hall–Kier alpha value is -3.69. The van der Waals surface area contributed by atoms with Crippen LogP contribution in [-0.2, 0) is 11.8 Å². The second-order valence-corrected chi connectivity index (χ2v) is 8.51. The standard InChI is InChI=1S/C26H30N6O3/c1-30-18-19(16-28-30)26-17-27-24-5-4-20(14-25(24)29-26)32(7-6-31-8-10-35-11-9-31)21-12-22(33-2)15-23(13-21)34-3/h4-5,12-18H,6-11H2,1-3H3. The summed E-state index contributed by atoms with van der Waals surface area (Å²) in [5.74, 6) is 1.49. The van der Waals surface area contributed by atoms with Crippen molar-refractivity contribution in [3.05, 3.63) is 55.0 Å². The molecule has 2 aromatic carbocycles. The molecule has 0 saturated carbocycles. The van der Waals surface area contributed by atoms with Gasteiger partial charge in [0.25, 0.3) is 0 Å². The van der Waals surface area contributed by atoms with Crippen molar-refractivity contribution in [2.24, 2.45) is 7.05 Å². The summed E-state index contributed by atoms with van der Waals surface area (Å²) >= 11 is 0. The summed E-state index contributed by atoms with van der Waals surface area (Å²) in [6.07, 6.45) is 5.54. The normalized spacial score (nSPS) is 14.3. The van der Waals surface area contributed by atoms with Gasteiger partial charge in [0.05, 0.1) is 56.6 Å². The molecule has 2 aromatic heterocycles. The molecule has 1 saturated heterocycles. The molecule has 9 nitrogen and oxygen atoms in total. The zero-order valence-electron chi connectivity index (χ0n) is 20.3. The summed E-state index contributed by atoms with van der Waals surface area (Å²) in [7, 11) is 5.23. The van der Waals surface area contributed by atoms with Gasteiger partial charge in [-0.1, -0.05) is 0 Å². The van der Waals surface area contributed by atoms with E-state index in [9.17, 15) is 0 Å². The van der Waals surface area contributed by atoms with Crippen molar-refractivity contribution in [2.75, 3.05) is 58.5 Å². The quantitative estimate of drug-likeness (QED) is 0.384. The van der Waals surface area contributed by atoms with Crippen LogP contribution >= 0.6 is 0 Å². The van der Waals surface area contributed by atoms with Gasteiger partial charge in [0, 0.05) is 74.6 Å². The Morgan fingerprint density at radius 3 is 2.40 bits per heavy atom. The third-order valence-electron chi connectivity index (χ3n) is 6.23. The molecule has 0 N–H and O–H groups in total. The van der Waals surface area contributed by atoms with E-state index >= 15 is 0 Å². The van der Waals surface area contributed by atoms with E-state index in [4.69, 9.17) is 19.2 Å². The van der Waals surface area contributed by atoms with E-state index in [2.05, 4.69) is 32.0 Å². The molecule has 1 aliphatic rings. The molecule has 182 valence electrons. The molecule has 0 bridgehead atoms. The average molecular weight is 475 g/mol. The Balaban J connectivity index is 1.53. The third-order valence-corrected chi connectivity index (χ3v) is 6.23. The van der Waals surface area contributed by atoms with E-state index in [1.165, 1.54) is 0 Å². The lowest BCUT2D eigenvalue weighted by atomic mass is 10.2. The highest BCUT2D eigenvalue weighted by molar-refractivity contribution is 5.82. The molecular formula is C26H30N6O3. The van der Waals surface area contributed by atoms with Crippen LogP contribution in [0.3, 0.4) is 0 Å². The molecule has 9 heteroatoms. The highest BCUT2D eigenvalue weighted by atomic mass is 16.5. The van der Waals surface area contributed by atoms with E-state index in [-0.39, 0.29) is 0 Å². The van der Waals surface area contributed by atoms with Crippen LogP contribution in [-0.4, -0.2) is 78.3 Å². The Kier molecular flexibility index (Phi) is 6.78. The van der Waals surface area contributed by atoms with Gasteiger partial charge in [-0.25, -0.2) is 4.98 Å². The van der Waals surface area contributed by atoms with E-state index in [0.717, 1.165) is 84.6 Å². The average Bonchev–Trinajstić information content (AvgIpc) is 3.35. The largest absolute Gasteiger partial charge is 0.497 e. The van der Waals surface area contributed by atoms with Crippen LogP contribution in [0, 0.1) is 0 Å². The first kappa shape index (κ1) is 23.1. The maximum atomic E-state index is 5.55. The van der Waals surface area contributed by atoms with Crippen LogP contribution in [0.5, 0.6) is 11.5 Å². The minimum atomic E-state index is 0.746. The van der Waals surface area contributed by atoms with Crippen molar-refractivity contribution in [3.63, 3.8) is 0 Å². The summed E-state index contributed by atoms with van der Waals surface area (Å²) in [6, 6.07) is 12.1. The van der Waals surface area contributed by atoms with Gasteiger partial charge in [0.15, 0.2) is 0 Å². The zero-order valence-corrected chi connectivity index (χ0v) is 20.3. The van der Waals surface area contributed by atoms with Crippen molar-refractivity contribution < 1.29 is 14.2 Å². The van der Waals surface area contributed by atoms with Crippen molar-refractivity contribution in [3.8, 4) is 22.8 Å². The highest BCUT2D eigenvalue weighted by Gasteiger charge is 2.17. The van der Waals surface area contributed by atoms with Crippen LogP contribution in [0.25, 0.3) is 22.3 Å². The highest BCUT2D eigenvalue weighted by Crippen LogP contribution is 2.34. The monoisotopic (exact) mass is 474 g/mol. The summed E-state index contributed by atoms with van der Waals surface area (Å²) in [4.78, 5) is 14.2. The SMILES string of the molecule is COc1cc(OC)cc(N(CCN2CCOCC2)c2ccc3ncc(-c4cnn(C)c4)nc3c2)c1. The van der Waals surface area contributed by atoms with Crippen LogP contribution in [0.1, 0.15) is 0 Å². The molecular weight excluding hydrogens is 444 g/mol. The number of hydrogen-bond acceptors (Lipinski definition) is 8. The van der Waals surface area contributed by atoms with Crippen molar-refractivity contribution in [1.29, 1.82) is 0 Å². The van der Waals surface area contributed by atoms with Gasteiger partial charge in [0.1, 0.15) is 11.5 Å². The predicted molar refractivity (Wildman–Crippen MR) is 136 cm³/mol. The first-order chi connectivity index (χ1) is 17.1. The fourth-order valence-corrected chi connectivity index (χ4v) is 4.28. The van der Waals surface area contributed by atoms with Crippen molar-refractivity contribution in [1.82, 2.24) is 24.6 Å². The molecule has 3 heterocycles. The van der Waals surface area contributed by atoms with Gasteiger partial charge >= 0.3 is 0 Å². The summed E-state index contributed by atoms with van der Waals surface area (Å²) in [5.41, 5.74) is 5.43. The van der Waals surface area contributed by atoms with Gasteiger partial charge in [-0.05, 0) is 18.2 Å². The molecule has 1 aliphatic heterocycles. The molecule has 0 spiro atoms. The number of anilines is 2. The Bertz CT molecular complexity index is 1280. The lowest BCUT2D eigenvalue weighted by Gasteiger charge is -2.31. The minimum Gasteiger partial charge on any atom is -0.497 e. The fourth-order valence-electron chi connectivity index (χ4n) is 4.28. The van der Waals surface area contributed by atoms with E-state index in [1.807, 2.05) is 37.5 Å². The summed E-state index contributed by atoms with van der Waals surface area (Å²) in [6.45, 7) is 5.12. The number of aromatic nitrogens is 4. The molecule has 5 rings (SSSR count). The number of fused-ring (bicyclic) bond motifs is 1. The number of rotatable bonds is 8. The van der Waals surface area contributed by atoms with Crippen LogP contribution < -0.4 is 14.4 Å². The molecule has 4 aromatic rings. The smallest absolute Gasteiger partial charge is 0.124 e. The lowest BCUT2D eigenvalue weighted by Crippen LogP contribution is -2.40. The molecule has 0 amide bonds. The maximum absolute atomic E-state index is 5.55. The van der Waals surface area contributed by atoms with Crippen molar-refractivity contribution in [2.45, 2.75) is 0 Å². The predicted octanol–water partition coefficient (Wildman–Crippen LogP) is 3.52. The molecule has 0 unspecified atom stereocenters. The maximum Gasteiger partial charge on any atom is 0.124 e. The molecule has 1 fully saturated rings. The minimum absolute atomic E-state index is 0.746. The second-order valence-electron chi connectivity index (χ2n) is 8.51. The second kappa shape index (κ2) is 10.3. The Labute approximate surface area is 204 Å². The summed E-state index contributed by atoms with van der Waals surface area (Å²) < 4.78 is 18.4. The number of nitrogens with zero attached hydrogens (tertiary/aromatic N) is 6. The molecule has 35 heavy (non-hydrogen) atoms. The topological polar surface area (TPSA) is 77.8 Å². The van der Waals surface area contributed by atoms with E-state index in [0.29, 0.717) is 0 Å². The van der Waals surface area contributed by atoms with Gasteiger partial charge in [-0.3, -0.25) is 14.6 Å². The third kappa shape index (κ3) is 5.21. The number of ether oxygens (including phenoxy) is 3. The summed E-state index contributed by atoms with van der Waals surface area (Å²) in [5, 5.41) is 4.26. The number of methoxy groups -OCH3 is 2.